The quantitative estimate of drug-likeness (QED) is 0.328. The van der Waals surface area contributed by atoms with Crippen molar-refractivity contribution in [2.24, 2.45) is 0 Å². The SMILES string of the molecule is CCCCCCCc1cc2cc(OCc3ccc4ccccc4n3)ccc2[nH]1. The molecule has 4 aromatic rings. The third-order valence-corrected chi connectivity index (χ3v) is 5.24. The van der Waals surface area contributed by atoms with Crippen LogP contribution in [0.2, 0.25) is 0 Å². The van der Waals surface area contributed by atoms with Crippen LogP contribution in [-0.2, 0) is 13.0 Å². The maximum Gasteiger partial charge on any atom is 0.130 e. The van der Waals surface area contributed by atoms with Crippen molar-refractivity contribution in [3.63, 3.8) is 0 Å². The van der Waals surface area contributed by atoms with E-state index in [4.69, 9.17) is 4.74 Å². The zero-order valence-electron chi connectivity index (χ0n) is 16.6. The third-order valence-electron chi connectivity index (χ3n) is 5.24. The predicted octanol–water partition coefficient (Wildman–Crippen LogP) is 6.81. The summed E-state index contributed by atoms with van der Waals surface area (Å²) in [6, 6.07) is 20.8. The van der Waals surface area contributed by atoms with Gasteiger partial charge in [-0.3, -0.25) is 0 Å². The third kappa shape index (κ3) is 4.53. The predicted molar refractivity (Wildman–Crippen MR) is 117 cm³/mol. The second-order valence-electron chi connectivity index (χ2n) is 7.49. The zero-order chi connectivity index (χ0) is 19.2. The molecule has 0 bridgehead atoms. The Balaban J connectivity index is 1.38. The lowest BCUT2D eigenvalue weighted by Crippen LogP contribution is -1.98. The summed E-state index contributed by atoms with van der Waals surface area (Å²) in [5.41, 5.74) is 4.45. The number of nitrogens with one attached hydrogen (secondary N) is 1. The van der Waals surface area contributed by atoms with E-state index in [2.05, 4.69) is 47.2 Å². The average Bonchev–Trinajstić information content (AvgIpc) is 3.14. The molecule has 0 aliphatic carbocycles. The Morgan fingerprint density at radius 3 is 2.68 bits per heavy atom. The number of aromatic amines is 1. The molecule has 0 saturated heterocycles. The second kappa shape index (κ2) is 8.92. The van der Waals surface area contributed by atoms with E-state index >= 15 is 0 Å². The number of aromatic nitrogens is 2. The van der Waals surface area contributed by atoms with Crippen LogP contribution in [0.15, 0.2) is 60.7 Å². The van der Waals surface area contributed by atoms with Crippen LogP contribution in [0.1, 0.15) is 50.4 Å². The van der Waals surface area contributed by atoms with Gasteiger partial charge in [0.25, 0.3) is 0 Å². The van der Waals surface area contributed by atoms with Crippen molar-refractivity contribution < 1.29 is 4.74 Å². The Bertz CT molecular complexity index is 1050. The maximum absolute atomic E-state index is 6.01. The summed E-state index contributed by atoms with van der Waals surface area (Å²) in [5, 5.41) is 2.37. The molecule has 28 heavy (non-hydrogen) atoms. The van der Waals surface area contributed by atoms with Gasteiger partial charge in [-0.15, -0.1) is 0 Å². The first-order valence-electron chi connectivity index (χ1n) is 10.4. The molecule has 2 aromatic carbocycles. The highest BCUT2D eigenvalue weighted by molar-refractivity contribution is 5.82. The Kier molecular flexibility index (Phi) is 5.91. The van der Waals surface area contributed by atoms with Gasteiger partial charge in [-0.2, -0.15) is 0 Å². The van der Waals surface area contributed by atoms with Crippen LogP contribution in [0, 0.1) is 0 Å². The smallest absolute Gasteiger partial charge is 0.130 e. The number of rotatable bonds is 9. The van der Waals surface area contributed by atoms with Gasteiger partial charge in [-0.1, -0.05) is 56.9 Å². The Labute approximate surface area is 166 Å². The topological polar surface area (TPSA) is 37.9 Å². The zero-order valence-corrected chi connectivity index (χ0v) is 16.6. The molecular weight excluding hydrogens is 344 g/mol. The molecule has 0 spiro atoms. The monoisotopic (exact) mass is 372 g/mol. The molecule has 3 nitrogen and oxygen atoms in total. The molecule has 0 saturated carbocycles. The van der Waals surface area contributed by atoms with Crippen LogP contribution < -0.4 is 4.74 Å². The van der Waals surface area contributed by atoms with Gasteiger partial charge in [0.05, 0.1) is 11.2 Å². The van der Waals surface area contributed by atoms with Crippen LogP contribution in [0.4, 0.5) is 0 Å². The van der Waals surface area contributed by atoms with Gasteiger partial charge < -0.3 is 9.72 Å². The molecule has 144 valence electrons. The molecule has 1 N–H and O–H groups in total. The lowest BCUT2D eigenvalue weighted by Gasteiger charge is -2.07. The molecule has 2 aromatic heterocycles. The van der Waals surface area contributed by atoms with Crippen molar-refractivity contribution in [1.29, 1.82) is 0 Å². The maximum atomic E-state index is 6.01. The number of aryl methyl sites for hydroxylation is 1. The van der Waals surface area contributed by atoms with Gasteiger partial charge in [0.15, 0.2) is 0 Å². The van der Waals surface area contributed by atoms with Crippen molar-refractivity contribution >= 4 is 21.8 Å². The number of H-pyrrole nitrogens is 1. The number of unbranched alkanes of at least 4 members (excludes halogenated alkanes) is 4. The van der Waals surface area contributed by atoms with E-state index < -0.39 is 0 Å². The van der Waals surface area contributed by atoms with E-state index in [-0.39, 0.29) is 0 Å². The first kappa shape index (κ1) is 18.5. The van der Waals surface area contributed by atoms with Gasteiger partial charge in [0, 0.05) is 22.0 Å². The molecule has 0 fully saturated rings. The highest BCUT2D eigenvalue weighted by Crippen LogP contribution is 2.23. The van der Waals surface area contributed by atoms with Crippen molar-refractivity contribution in [2.45, 2.75) is 52.1 Å². The van der Waals surface area contributed by atoms with Gasteiger partial charge in [0.2, 0.25) is 0 Å². The molecule has 0 unspecified atom stereocenters. The van der Waals surface area contributed by atoms with Crippen molar-refractivity contribution in [1.82, 2.24) is 9.97 Å². The molecule has 4 rings (SSSR count). The number of ether oxygens (including phenoxy) is 1. The van der Waals surface area contributed by atoms with Crippen LogP contribution in [0.3, 0.4) is 0 Å². The largest absolute Gasteiger partial charge is 0.487 e. The summed E-state index contributed by atoms with van der Waals surface area (Å²) >= 11 is 0. The van der Waals surface area contributed by atoms with E-state index in [0.29, 0.717) is 6.61 Å². The summed E-state index contributed by atoms with van der Waals surface area (Å²) in [7, 11) is 0. The van der Waals surface area contributed by atoms with Gasteiger partial charge >= 0.3 is 0 Å². The van der Waals surface area contributed by atoms with Crippen LogP contribution in [-0.4, -0.2) is 9.97 Å². The van der Waals surface area contributed by atoms with Crippen molar-refractivity contribution in [3.05, 3.63) is 72.1 Å². The minimum atomic E-state index is 0.477. The van der Waals surface area contributed by atoms with Gasteiger partial charge in [-0.25, -0.2) is 4.98 Å². The second-order valence-corrected chi connectivity index (χ2v) is 7.49. The number of para-hydroxylation sites is 1. The minimum Gasteiger partial charge on any atom is -0.487 e. The Morgan fingerprint density at radius 1 is 0.857 bits per heavy atom. The fraction of sp³-hybridized carbons (Fsp3) is 0.320. The Hall–Kier alpha value is -2.81. The molecule has 3 heteroatoms. The standard InChI is InChI=1S/C25H28N2O/c1-2-3-4-5-6-10-21-16-20-17-23(14-15-25(20)26-21)28-18-22-13-12-19-9-7-8-11-24(19)27-22/h7-9,11-17,26H,2-6,10,18H2,1H3. The van der Waals surface area contributed by atoms with E-state index in [1.165, 1.54) is 48.7 Å². The number of hydrogen-bond acceptors (Lipinski definition) is 2. The fourth-order valence-corrected chi connectivity index (χ4v) is 3.66. The summed E-state index contributed by atoms with van der Waals surface area (Å²) < 4.78 is 6.01. The number of pyridine rings is 1. The molecule has 0 radical (unpaired) electrons. The minimum absolute atomic E-state index is 0.477. The van der Waals surface area contributed by atoms with Crippen molar-refractivity contribution in [3.8, 4) is 5.75 Å². The first-order chi connectivity index (χ1) is 13.8. The summed E-state index contributed by atoms with van der Waals surface area (Å²) in [6.45, 7) is 2.73. The van der Waals surface area contributed by atoms with E-state index in [0.717, 1.165) is 28.8 Å². The normalized spacial score (nSPS) is 11.3. The van der Waals surface area contributed by atoms with Gasteiger partial charge in [0.1, 0.15) is 12.4 Å². The summed E-state index contributed by atoms with van der Waals surface area (Å²) in [5.74, 6) is 0.885. The molecule has 0 aliphatic heterocycles. The van der Waals surface area contributed by atoms with E-state index in [1.54, 1.807) is 0 Å². The van der Waals surface area contributed by atoms with E-state index in [9.17, 15) is 0 Å². The highest BCUT2D eigenvalue weighted by atomic mass is 16.5. The molecule has 0 amide bonds. The number of nitrogens with zero attached hydrogens (tertiary/aromatic N) is 1. The van der Waals surface area contributed by atoms with Crippen LogP contribution in [0.5, 0.6) is 5.75 Å². The molecular formula is C25H28N2O. The molecule has 2 heterocycles. The number of fused-ring (bicyclic) bond motifs is 2. The van der Waals surface area contributed by atoms with Crippen LogP contribution >= 0.6 is 0 Å². The molecule has 0 aliphatic rings. The number of benzene rings is 2. The van der Waals surface area contributed by atoms with E-state index in [1.807, 2.05) is 30.3 Å². The Morgan fingerprint density at radius 2 is 1.75 bits per heavy atom. The highest BCUT2D eigenvalue weighted by Gasteiger charge is 2.04. The summed E-state index contributed by atoms with van der Waals surface area (Å²) in [4.78, 5) is 8.22. The first-order valence-corrected chi connectivity index (χ1v) is 10.4. The number of hydrogen-bond donors (Lipinski definition) is 1. The molecule has 0 atom stereocenters. The average molecular weight is 373 g/mol. The lowest BCUT2D eigenvalue weighted by molar-refractivity contribution is 0.302. The van der Waals surface area contributed by atoms with Gasteiger partial charge in [-0.05, 0) is 49.2 Å². The summed E-state index contributed by atoms with van der Waals surface area (Å²) in [6.07, 6.45) is 7.68. The van der Waals surface area contributed by atoms with Crippen LogP contribution in [0.25, 0.3) is 21.8 Å². The van der Waals surface area contributed by atoms with Crippen molar-refractivity contribution in [2.75, 3.05) is 0 Å². The fourth-order valence-electron chi connectivity index (χ4n) is 3.66. The lowest BCUT2D eigenvalue weighted by atomic mass is 10.1.